The second-order valence-electron chi connectivity index (χ2n) is 7.54. The van der Waals surface area contributed by atoms with E-state index in [1.807, 2.05) is 0 Å². The number of phenols is 1. The van der Waals surface area contributed by atoms with Crippen LogP contribution in [-0.4, -0.2) is 50.5 Å². The number of benzene rings is 1. The van der Waals surface area contributed by atoms with Crippen LogP contribution >= 0.6 is 0 Å². The molecule has 9 heteroatoms. The third-order valence-corrected chi connectivity index (χ3v) is 6.66. The van der Waals surface area contributed by atoms with E-state index in [-0.39, 0.29) is 0 Å². The summed E-state index contributed by atoms with van der Waals surface area (Å²) in [6.45, 7) is 2.63. The number of carbonyl (C=O) groups excluding carboxylic acids is 1. The minimum absolute atomic E-state index is 0.400. The summed E-state index contributed by atoms with van der Waals surface area (Å²) < 4.78 is 40.6. The SMILES string of the molecule is O=C1CN(c2c(O)cc(CC3CCN(CC4CC4)C3)cc2F)S(=O)(=O)N1. The quantitative estimate of drug-likeness (QED) is 0.791. The summed E-state index contributed by atoms with van der Waals surface area (Å²) in [4.78, 5) is 13.8. The predicted octanol–water partition coefficient (Wildman–Crippen LogP) is 0.987. The van der Waals surface area contributed by atoms with E-state index in [9.17, 15) is 22.7 Å². The molecule has 2 aliphatic heterocycles. The fourth-order valence-corrected chi connectivity index (χ4v) is 5.06. The zero-order chi connectivity index (χ0) is 18.5. The van der Waals surface area contributed by atoms with Gasteiger partial charge in [0.05, 0.1) is 0 Å². The van der Waals surface area contributed by atoms with Gasteiger partial charge in [0.15, 0.2) is 5.82 Å². The predicted molar refractivity (Wildman–Crippen MR) is 93.4 cm³/mol. The second kappa shape index (κ2) is 6.38. The molecule has 0 spiro atoms. The second-order valence-corrected chi connectivity index (χ2v) is 9.14. The first-order chi connectivity index (χ1) is 12.3. The van der Waals surface area contributed by atoms with Gasteiger partial charge in [-0.2, -0.15) is 8.42 Å². The smallest absolute Gasteiger partial charge is 0.326 e. The molecule has 0 bridgehead atoms. The molecule has 1 amide bonds. The van der Waals surface area contributed by atoms with E-state index in [4.69, 9.17) is 0 Å². The number of carbonyl (C=O) groups is 1. The summed E-state index contributed by atoms with van der Waals surface area (Å²) in [5, 5.41) is 10.2. The molecule has 3 aliphatic rings. The third kappa shape index (κ3) is 3.50. The number of likely N-dealkylation sites (tertiary alicyclic amines) is 1. The van der Waals surface area contributed by atoms with Crippen molar-refractivity contribution in [3.63, 3.8) is 0 Å². The van der Waals surface area contributed by atoms with E-state index in [0.29, 0.717) is 22.2 Å². The summed E-state index contributed by atoms with van der Waals surface area (Å²) >= 11 is 0. The van der Waals surface area contributed by atoms with Crippen LogP contribution in [0.5, 0.6) is 5.75 Å². The first kappa shape index (κ1) is 17.5. The van der Waals surface area contributed by atoms with Crippen molar-refractivity contribution >= 4 is 21.8 Å². The van der Waals surface area contributed by atoms with Crippen molar-refractivity contribution in [1.82, 2.24) is 9.62 Å². The summed E-state index contributed by atoms with van der Waals surface area (Å²) in [5.41, 5.74) is 0.159. The van der Waals surface area contributed by atoms with Gasteiger partial charge in [-0.25, -0.2) is 13.4 Å². The molecule has 26 heavy (non-hydrogen) atoms. The maximum absolute atomic E-state index is 14.5. The summed E-state index contributed by atoms with van der Waals surface area (Å²) in [6, 6.07) is 2.66. The molecule has 3 fully saturated rings. The van der Waals surface area contributed by atoms with E-state index in [2.05, 4.69) is 4.90 Å². The number of hydrogen-bond acceptors (Lipinski definition) is 5. The van der Waals surface area contributed by atoms with Crippen LogP contribution < -0.4 is 9.03 Å². The third-order valence-electron chi connectivity index (χ3n) is 5.28. The van der Waals surface area contributed by atoms with Crippen LogP contribution in [0.2, 0.25) is 0 Å². The maximum Gasteiger partial charge on any atom is 0.326 e. The molecule has 2 heterocycles. The number of aromatic hydroxyl groups is 1. The monoisotopic (exact) mass is 383 g/mol. The van der Waals surface area contributed by atoms with Crippen molar-refractivity contribution in [2.24, 2.45) is 11.8 Å². The Morgan fingerprint density at radius 1 is 1.23 bits per heavy atom. The van der Waals surface area contributed by atoms with Crippen LogP contribution in [0.3, 0.4) is 0 Å². The number of nitrogens with one attached hydrogen (secondary N) is 1. The van der Waals surface area contributed by atoms with Gasteiger partial charge in [-0.1, -0.05) is 0 Å². The van der Waals surface area contributed by atoms with Crippen LogP contribution in [0.25, 0.3) is 0 Å². The van der Waals surface area contributed by atoms with Crippen LogP contribution in [-0.2, 0) is 21.4 Å². The number of halogens is 1. The van der Waals surface area contributed by atoms with Crippen molar-refractivity contribution < 1.29 is 22.7 Å². The molecular weight excluding hydrogens is 361 g/mol. The molecule has 2 saturated heterocycles. The van der Waals surface area contributed by atoms with E-state index < -0.39 is 39.9 Å². The zero-order valence-corrected chi connectivity index (χ0v) is 15.1. The van der Waals surface area contributed by atoms with Crippen LogP contribution in [0, 0.1) is 17.7 Å². The first-order valence-corrected chi connectivity index (χ1v) is 10.3. The molecule has 1 atom stereocenters. The molecule has 1 aromatic rings. The van der Waals surface area contributed by atoms with Crippen molar-refractivity contribution in [2.75, 3.05) is 30.5 Å². The molecule has 1 unspecified atom stereocenters. The molecule has 0 aromatic heterocycles. The number of anilines is 1. The van der Waals surface area contributed by atoms with Crippen molar-refractivity contribution in [1.29, 1.82) is 0 Å². The van der Waals surface area contributed by atoms with E-state index in [1.54, 1.807) is 4.72 Å². The van der Waals surface area contributed by atoms with E-state index in [1.165, 1.54) is 25.0 Å². The van der Waals surface area contributed by atoms with Gasteiger partial charge < -0.3 is 10.0 Å². The largest absolute Gasteiger partial charge is 0.506 e. The van der Waals surface area contributed by atoms with Crippen molar-refractivity contribution in [3.05, 3.63) is 23.5 Å². The average Bonchev–Trinajstić information content (AvgIpc) is 3.16. The molecule has 2 N–H and O–H groups in total. The number of nitrogens with zero attached hydrogens (tertiary/aromatic N) is 2. The number of hydrogen-bond donors (Lipinski definition) is 2. The number of amides is 1. The highest BCUT2D eigenvalue weighted by Gasteiger charge is 2.37. The Morgan fingerprint density at radius 2 is 2.00 bits per heavy atom. The Hall–Kier alpha value is -1.87. The Morgan fingerprint density at radius 3 is 2.62 bits per heavy atom. The van der Waals surface area contributed by atoms with Gasteiger partial charge in [0.1, 0.15) is 18.0 Å². The molecule has 142 valence electrons. The molecular formula is C17H22FN3O4S. The lowest BCUT2D eigenvalue weighted by atomic mass is 9.98. The fourth-order valence-electron chi connectivity index (χ4n) is 3.89. The minimum Gasteiger partial charge on any atom is -0.506 e. The van der Waals surface area contributed by atoms with Crippen LogP contribution in [0.1, 0.15) is 24.8 Å². The fraction of sp³-hybridized carbons (Fsp3) is 0.588. The Kier molecular flexibility index (Phi) is 4.31. The molecule has 1 saturated carbocycles. The standard InChI is InChI=1S/C17H22FN3O4S/c18-14-6-13(5-12-3-4-20(9-12)8-11-1-2-11)7-15(22)17(14)21-10-16(23)19-26(21,24)25/h6-7,11-12,22H,1-5,8-10H2,(H,19,23). The van der Waals surface area contributed by atoms with Gasteiger partial charge in [0.25, 0.3) is 5.91 Å². The molecule has 1 aromatic carbocycles. The summed E-state index contributed by atoms with van der Waals surface area (Å²) in [7, 11) is -4.16. The van der Waals surface area contributed by atoms with Gasteiger partial charge in [-0.15, -0.1) is 0 Å². The summed E-state index contributed by atoms with van der Waals surface area (Å²) in [5.74, 6) is -0.819. The van der Waals surface area contributed by atoms with Crippen molar-refractivity contribution in [2.45, 2.75) is 25.7 Å². The lowest BCUT2D eigenvalue weighted by molar-refractivity contribution is -0.117. The molecule has 4 rings (SSSR count). The highest BCUT2D eigenvalue weighted by molar-refractivity contribution is 7.92. The highest BCUT2D eigenvalue weighted by atomic mass is 32.2. The highest BCUT2D eigenvalue weighted by Crippen LogP contribution is 2.36. The zero-order valence-electron chi connectivity index (χ0n) is 14.3. The Balaban J connectivity index is 1.48. The first-order valence-electron chi connectivity index (χ1n) is 8.89. The lowest BCUT2D eigenvalue weighted by Crippen LogP contribution is -2.30. The van der Waals surface area contributed by atoms with Crippen molar-refractivity contribution in [3.8, 4) is 5.75 Å². The summed E-state index contributed by atoms with van der Waals surface area (Å²) in [6.07, 6.45) is 4.31. The Labute approximate surface area is 152 Å². The van der Waals surface area contributed by atoms with Gasteiger partial charge in [0, 0.05) is 13.1 Å². The normalized spacial score (nSPS) is 25.7. The molecule has 1 aliphatic carbocycles. The number of rotatable bonds is 5. The van der Waals surface area contributed by atoms with E-state index >= 15 is 0 Å². The lowest BCUT2D eigenvalue weighted by Gasteiger charge is -2.19. The van der Waals surface area contributed by atoms with Crippen LogP contribution in [0.4, 0.5) is 10.1 Å². The number of phenolic OH excluding ortho intramolecular Hbond substituents is 1. The van der Waals surface area contributed by atoms with Gasteiger partial charge >= 0.3 is 10.2 Å². The van der Waals surface area contributed by atoms with Crippen LogP contribution in [0.15, 0.2) is 12.1 Å². The maximum atomic E-state index is 14.5. The van der Waals surface area contributed by atoms with Gasteiger partial charge in [-0.3, -0.25) is 4.79 Å². The van der Waals surface area contributed by atoms with E-state index in [0.717, 1.165) is 32.0 Å². The van der Waals surface area contributed by atoms with Gasteiger partial charge in [0.2, 0.25) is 0 Å². The molecule has 7 nitrogen and oxygen atoms in total. The van der Waals surface area contributed by atoms with Gasteiger partial charge in [-0.05, 0) is 61.8 Å². The molecule has 0 radical (unpaired) electrons. The Bertz CT molecular complexity index is 817. The minimum atomic E-state index is -4.16. The average molecular weight is 383 g/mol. The topological polar surface area (TPSA) is 90.0 Å².